The first-order valence-electron chi connectivity index (χ1n) is 25.5. The Morgan fingerprint density at radius 1 is 0.512 bits per heavy atom. The van der Waals surface area contributed by atoms with Crippen LogP contribution in [0.1, 0.15) is 65.7 Å². The molecule has 2 N–H and O–H groups in total. The highest BCUT2D eigenvalue weighted by Crippen LogP contribution is 2.32. The van der Waals surface area contributed by atoms with Gasteiger partial charge in [0.2, 0.25) is 11.8 Å². The van der Waals surface area contributed by atoms with Gasteiger partial charge in [-0.25, -0.2) is 55.9 Å². The molecule has 6 aromatic carbocycles. The van der Waals surface area contributed by atoms with E-state index in [0.29, 0.717) is 11.1 Å². The van der Waals surface area contributed by atoms with Crippen LogP contribution in [-0.2, 0) is 48.6 Å². The SMILES string of the molecule is COCCn1c(Cc2cc(F)c(-c3cccc(OCc4ccc(C#N)cc4)n3)cc2F)nc2ccc(C(=O)O)c(F)c21.COCCn1c(Cc2cc(F)c(-c3cccc(OCc4ccc(C#N)cc4)n3)cc2F)nc2ccc(C(=O)O)c(F)c21. The highest BCUT2D eigenvalue weighted by Gasteiger charge is 2.25. The molecule has 16 nitrogen and oxygen atoms in total. The fraction of sp³-hybridized carbons (Fsp3) is 0.161. The lowest BCUT2D eigenvalue weighted by Crippen LogP contribution is -2.11. The monoisotopic (exact) mass is 1140 g/mol. The number of imidazole rings is 2. The second-order valence-electron chi connectivity index (χ2n) is 18.7. The van der Waals surface area contributed by atoms with Crippen molar-refractivity contribution < 1.29 is 65.1 Å². The van der Waals surface area contributed by atoms with Gasteiger partial charge >= 0.3 is 11.9 Å². The Hall–Kier alpha value is -10.4. The van der Waals surface area contributed by atoms with Crippen molar-refractivity contribution >= 4 is 34.0 Å². The van der Waals surface area contributed by atoms with E-state index in [4.69, 9.17) is 29.5 Å². The summed E-state index contributed by atoms with van der Waals surface area (Å²) in [5, 5.41) is 36.5. The van der Waals surface area contributed by atoms with Crippen molar-refractivity contribution in [3.05, 3.63) is 225 Å². The van der Waals surface area contributed by atoms with E-state index >= 15 is 26.3 Å². The number of carboxylic acids is 2. The lowest BCUT2D eigenvalue weighted by Gasteiger charge is -2.12. The summed E-state index contributed by atoms with van der Waals surface area (Å²) in [6.45, 7) is 0.862. The van der Waals surface area contributed by atoms with Crippen molar-refractivity contribution in [1.29, 1.82) is 10.5 Å². The molecule has 10 aromatic rings. The highest BCUT2D eigenvalue weighted by molar-refractivity contribution is 5.94. The van der Waals surface area contributed by atoms with Crippen LogP contribution in [-0.4, -0.2) is 78.7 Å². The van der Waals surface area contributed by atoms with Gasteiger partial charge in [-0.05, 0) is 107 Å². The number of halogens is 6. The topological polar surface area (TPSA) is 221 Å². The lowest BCUT2D eigenvalue weighted by molar-refractivity contribution is 0.0681. The summed E-state index contributed by atoms with van der Waals surface area (Å²) in [6, 6.07) is 36.3. The number of rotatable bonds is 20. The summed E-state index contributed by atoms with van der Waals surface area (Å²) in [7, 11) is 2.90. The van der Waals surface area contributed by atoms with Crippen LogP contribution in [0.5, 0.6) is 11.8 Å². The second kappa shape index (κ2) is 26.0. The van der Waals surface area contributed by atoms with Gasteiger partial charge in [-0.3, -0.25) is 0 Å². The van der Waals surface area contributed by atoms with E-state index in [1.54, 1.807) is 72.8 Å². The molecular formula is C62H46F6N8O8. The Bertz CT molecular complexity index is 3930. The van der Waals surface area contributed by atoms with E-state index in [-0.39, 0.29) is 131 Å². The quantitative estimate of drug-likeness (QED) is 0.0678. The summed E-state index contributed by atoms with van der Waals surface area (Å²) in [6.07, 6.45) is -0.380. The molecule has 0 amide bonds. The Morgan fingerprint density at radius 2 is 0.905 bits per heavy atom. The lowest BCUT2D eigenvalue weighted by atomic mass is 10.0. The van der Waals surface area contributed by atoms with Crippen LogP contribution in [0, 0.1) is 57.6 Å². The highest BCUT2D eigenvalue weighted by atomic mass is 19.1. The molecule has 10 rings (SSSR count). The zero-order valence-corrected chi connectivity index (χ0v) is 44.5. The predicted octanol–water partition coefficient (Wildman–Crippen LogP) is 11.8. The summed E-state index contributed by atoms with van der Waals surface area (Å²) in [5.74, 6) is -6.89. The van der Waals surface area contributed by atoms with Crippen LogP contribution in [0.2, 0.25) is 0 Å². The van der Waals surface area contributed by atoms with Crippen LogP contribution >= 0.6 is 0 Å². The second-order valence-corrected chi connectivity index (χ2v) is 18.7. The number of ether oxygens (including phenoxy) is 4. The van der Waals surface area contributed by atoms with Crippen molar-refractivity contribution in [2.24, 2.45) is 0 Å². The molecule has 0 radical (unpaired) electrons. The summed E-state index contributed by atoms with van der Waals surface area (Å²) < 4.78 is 116. The summed E-state index contributed by atoms with van der Waals surface area (Å²) in [4.78, 5) is 40.3. The van der Waals surface area contributed by atoms with Gasteiger partial charge in [-0.1, -0.05) is 36.4 Å². The zero-order valence-electron chi connectivity index (χ0n) is 44.5. The molecule has 0 saturated carbocycles. The normalized spacial score (nSPS) is 11.0. The molecule has 0 fully saturated rings. The first-order chi connectivity index (χ1) is 40.6. The first kappa shape index (κ1) is 58.2. The molecule has 0 atom stereocenters. The number of hydrogen-bond donors (Lipinski definition) is 2. The van der Waals surface area contributed by atoms with E-state index in [2.05, 4.69) is 19.9 Å². The van der Waals surface area contributed by atoms with Crippen LogP contribution in [0.3, 0.4) is 0 Å². The molecule has 84 heavy (non-hydrogen) atoms. The maximum atomic E-state index is 15.4. The van der Waals surface area contributed by atoms with Crippen LogP contribution < -0.4 is 9.47 Å². The molecule has 0 spiro atoms. The number of aromatic nitrogens is 6. The van der Waals surface area contributed by atoms with Crippen LogP contribution in [0.15, 0.2) is 133 Å². The van der Waals surface area contributed by atoms with Gasteiger partial charge in [0.1, 0.15) is 59.2 Å². The Labute approximate surface area is 474 Å². The minimum absolute atomic E-state index is 0.0303. The van der Waals surface area contributed by atoms with E-state index < -0.39 is 58.0 Å². The van der Waals surface area contributed by atoms with Crippen LogP contribution in [0.25, 0.3) is 44.6 Å². The number of aromatic carboxylic acids is 2. The van der Waals surface area contributed by atoms with Gasteiger partial charge in [0.25, 0.3) is 0 Å². The standard InChI is InChI=1S/2C31H23F3N4O4/c2*1-41-12-11-38-27(36-26-10-9-21(31(39)40)29(34)30(26)38)14-20-13-24(33)22(15-23(20)32)25-3-2-4-28(37-25)42-17-19-7-5-18(16-35)6-8-19/h2*2-10,13,15H,11-12,14,17H2,1H3,(H,39,40). The molecular weight excluding hydrogens is 1100 g/mol. The smallest absolute Gasteiger partial charge is 0.338 e. The number of benzene rings is 6. The molecule has 22 heteroatoms. The van der Waals surface area contributed by atoms with E-state index in [0.717, 1.165) is 47.5 Å². The van der Waals surface area contributed by atoms with Crippen molar-refractivity contribution in [3.8, 4) is 46.4 Å². The Balaban J connectivity index is 0.000000202. The third-order valence-electron chi connectivity index (χ3n) is 13.3. The number of methoxy groups -OCH3 is 2. The van der Waals surface area contributed by atoms with Crippen molar-refractivity contribution in [2.75, 3.05) is 27.4 Å². The number of carbonyl (C=O) groups is 2. The number of fused-ring (bicyclic) bond motifs is 2. The Kier molecular flexibility index (Phi) is 18.0. The molecule has 0 aliphatic heterocycles. The number of hydrogen-bond acceptors (Lipinski definition) is 12. The number of nitriles is 2. The van der Waals surface area contributed by atoms with Gasteiger partial charge in [0.05, 0.1) is 70.0 Å². The first-order valence-corrected chi connectivity index (χ1v) is 25.5. The maximum absolute atomic E-state index is 15.4. The predicted molar refractivity (Wildman–Crippen MR) is 293 cm³/mol. The van der Waals surface area contributed by atoms with E-state index in [1.165, 1.54) is 47.6 Å². The molecule has 0 saturated heterocycles. The van der Waals surface area contributed by atoms with Crippen molar-refractivity contribution in [1.82, 2.24) is 29.1 Å². The maximum Gasteiger partial charge on any atom is 0.338 e. The van der Waals surface area contributed by atoms with E-state index in [1.807, 2.05) is 12.1 Å². The minimum atomic E-state index is -1.43. The molecule has 0 bridgehead atoms. The average molecular weight is 1150 g/mol. The Morgan fingerprint density at radius 3 is 1.26 bits per heavy atom. The summed E-state index contributed by atoms with van der Waals surface area (Å²) >= 11 is 0. The molecule has 0 aliphatic carbocycles. The molecule has 0 aliphatic rings. The van der Waals surface area contributed by atoms with Gasteiger partial charge in [0.15, 0.2) is 11.6 Å². The third-order valence-corrected chi connectivity index (χ3v) is 13.3. The molecule has 4 aromatic heterocycles. The van der Waals surface area contributed by atoms with Gasteiger partial charge in [-0.2, -0.15) is 10.5 Å². The van der Waals surface area contributed by atoms with Gasteiger partial charge in [-0.15, -0.1) is 0 Å². The zero-order chi connectivity index (χ0) is 59.6. The van der Waals surface area contributed by atoms with Crippen molar-refractivity contribution in [2.45, 2.75) is 39.1 Å². The molecule has 0 unspecified atom stereocenters. The minimum Gasteiger partial charge on any atom is -0.478 e. The fourth-order valence-electron chi connectivity index (χ4n) is 9.04. The van der Waals surface area contributed by atoms with E-state index in [9.17, 15) is 19.8 Å². The van der Waals surface area contributed by atoms with Gasteiger partial charge in [0, 0.05) is 63.4 Å². The van der Waals surface area contributed by atoms with Crippen molar-refractivity contribution in [3.63, 3.8) is 0 Å². The number of carboxylic acid groups (broad SMARTS) is 2. The average Bonchev–Trinajstić information content (AvgIpc) is 4.24. The number of nitrogens with zero attached hydrogens (tertiary/aromatic N) is 8. The summed E-state index contributed by atoms with van der Waals surface area (Å²) in [5.41, 5.74) is 1.96. The molecule has 4 heterocycles. The van der Waals surface area contributed by atoms with Gasteiger partial charge < -0.3 is 38.3 Å². The number of pyridine rings is 2. The van der Waals surface area contributed by atoms with Crippen LogP contribution in [0.4, 0.5) is 26.3 Å². The third kappa shape index (κ3) is 13.0. The largest absolute Gasteiger partial charge is 0.478 e. The fourth-order valence-corrected chi connectivity index (χ4v) is 9.04. The molecule has 424 valence electrons.